The molecule has 3 atom stereocenters. The molecule has 1 saturated heterocycles. The van der Waals surface area contributed by atoms with E-state index in [-0.39, 0.29) is 23.9 Å². The highest BCUT2D eigenvalue weighted by Crippen LogP contribution is 2.40. The van der Waals surface area contributed by atoms with Crippen LogP contribution in [0.3, 0.4) is 0 Å². The molecule has 0 bridgehead atoms. The van der Waals surface area contributed by atoms with E-state index in [2.05, 4.69) is 0 Å². The Morgan fingerprint density at radius 1 is 1.24 bits per heavy atom. The third-order valence-electron chi connectivity index (χ3n) is 3.99. The molecule has 114 valence electrons. The van der Waals surface area contributed by atoms with Crippen molar-refractivity contribution in [3.8, 4) is 0 Å². The second-order valence-electron chi connectivity index (χ2n) is 5.15. The minimum Gasteiger partial charge on any atom is -0.469 e. The first-order valence-electron chi connectivity index (χ1n) is 7.11. The van der Waals surface area contributed by atoms with Crippen molar-refractivity contribution in [1.29, 1.82) is 0 Å². The van der Waals surface area contributed by atoms with Gasteiger partial charge in [-0.15, -0.1) is 0 Å². The molecule has 0 unspecified atom stereocenters. The molecule has 0 aromatic heterocycles. The summed E-state index contributed by atoms with van der Waals surface area (Å²) in [5, 5.41) is 0. The number of nitrogens with zero attached hydrogens (tertiary/aromatic N) is 1. The summed E-state index contributed by atoms with van der Waals surface area (Å²) >= 11 is 0. The van der Waals surface area contributed by atoms with Gasteiger partial charge in [-0.3, -0.25) is 14.5 Å². The van der Waals surface area contributed by atoms with Crippen molar-refractivity contribution in [3.05, 3.63) is 35.9 Å². The monoisotopic (exact) mass is 291 g/mol. The van der Waals surface area contributed by atoms with Gasteiger partial charge in [0.25, 0.3) is 0 Å². The lowest BCUT2D eigenvalue weighted by molar-refractivity contribution is -0.148. The van der Waals surface area contributed by atoms with Crippen molar-refractivity contribution in [3.63, 3.8) is 0 Å². The Morgan fingerprint density at radius 3 is 2.48 bits per heavy atom. The Kier molecular flexibility index (Phi) is 4.96. The fraction of sp³-hybridized carbons (Fsp3) is 0.500. The second kappa shape index (κ2) is 6.72. The molecule has 1 aromatic rings. The molecule has 1 aliphatic rings. The SMILES string of the molecule is CCOC(=O)[C@H]1C[C@H](C(=O)OC)[C@H](c2ccccc2)N1C. The number of likely N-dealkylation sites (tertiary alicyclic amines) is 1. The van der Waals surface area contributed by atoms with Crippen LogP contribution in [0, 0.1) is 5.92 Å². The molecule has 5 heteroatoms. The van der Waals surface area contributed by atoms with E-state index in [1.165, 1.54) is 7.11 Å². The summed E-state index contributed by atoms with van der Waals surface area (Å²) in [6, 6.07) is 9.11. The number of esters is 2. The van der Waals surface area contributed by atoms with Crippen molar-refractivity contribution in [2.75, 3.05) is 20.8 Å². The summed E-state index contributed by atoms with van der Waals surface area (Å²) in [5.74, 6) is -0.938. The lowest BCUT2D eigenvalue weighted by atomic mass is 9.93. The van der Waals surface area contributed by atoms with Gasteiger partial charge in [0.15, 0.2) is 0 Å². The van der Waals surface area contributed by atoms with Crippen LogP contribution in [-0.2, 0) is 19.1 Å². The first-order chi connectivity index (χ1) is 10.1. The van der Waals surface area contributed by atoms with Crippen LogP contribution in [0.4, 0.5) is 0 Å². The number of likely N-dealkylation sites (N-methyl/N-ethyl adjacent to an activating group) is 1. The minimum absolute atomic E-state index is 0.173. The smallest absolute Gasteiger partial charge is 0.323 e. The second-order valence-corrected chi connectivity index (χ2v) is 5.15. The first kappa shape index (κ1) is 15.5. The quantitative estimate of drug-likeness (QED) is 0.792. The molecule has 0 N–H and O–H groups in total. The van der Waals surface area contributed by atoms with E-state index in [9.17, 15) is 9.59 Å². The molecule has 1 fully saturated rings. The van der Waals surface area contributed by atoms with E-state index in [4.69, 9.17) is 9.47 Å². The Morgan fingerprint density at radius 2 is 1.90 bits per heavy atom. The van der Waals surface area contributed by atoms with Gasteiger partial charge >= 0.3 is 11.9 Å². The fourth-order valence-corrected chi connectivity index (χ4v) is 3.01. The van der Waals surface area contributed by atoms with Crippen LogP contribution in [0.25, 0.3) is 0 Å². The lowest BCUT2D eigenvalue weighted by Gasteiger charge is -2.26. The van der Waals surface area contributed by atoms with Gasteiger partial charge in [-0.2, -0.15) is 0 Å². The van der Waals surface area contributed by atoms with Gasteiger partial charge in [-0.1, -0.05) is 30.3 Å². The summed E-state index contributed by atoms with van der Waals surface area (Å²) in [7, 11) is 3.23. The highest BCUT2D eigenvalue weighted by Gasteiger charge is 2.47. The van der Waals surface area contributed by atoms with Crippen LogP contribution < -0.4 is 0 Å². The number of benzene rings is 1. The third-order valence-corrected chi connectivity index (χ3v) is 3.99. The van der Waals surface area contributed by atoms with Crippen molar-refractivity contribution < 1.29 is 19.1 Å². The van der Waals surface area contributed by atoms with E-state index in [1.54, 1.807) is 6.92 Å². The molecular weight excluding hydrogens is 270 g/mol. The zero-order chi connectivity index (χ0) is 15.4. The van der Waals surface area contributed by atoms with Gasteiger partial charge in [0.05, 0.1) is 19.6 Å². The summed E-state index contributed by atoms with van der Waals surface area (Å²) in [6.07, 6.45) is 0.418. The molecule has 0 amide bonds. The first-order valence-corrected chi connectivity index (χ1v) is 7.11. The van der Waals surface area contributed by atoms with Crippen LogP contribution in [0.2, 0.25) is 0 Å². The van der Waals surface area contributed by atoms with Gasteiger partial charge in [0.1, 0.15) is 6.04 Å². The minimum atomic E-state index is -0.417. The number of ether oxygens (including phenoxy) is 2. The maximum absolute atomic E-state index is 12.1. The Hall–Kier alpha value is -1.88. The van der Waals surface area contributed by atoms with Crippen molar-refractivity contribution in [1.82, 2.24) is 4.90 Å². The predicted molar refractivity (Wildman–Crippen MR) is 77.5 cm³/mol. The third kappa shape index (κ3) is 3.08. The molecule has 21 heavy (non-hydrogen) atoms. The number of methoxy groups -OCH3 is 1. The van der Waals surface area contributed by atoms with E-state index in [0.29, 0.717) is 13.0 Å². The molecule has 1 aromatic carbocycles. The normalized spacial score (nSPS) is 25.6. The molecule has 5 nitrogen and oxygen atoms in total. The van der Waals surface area contributed by atoms with E-state index in [0.717, 1.165) is 5.56 Å². The number of hydrogen-bond acceptors (Lipinski definition) is 5. The summed E-state index contributed by atoms with van der Waals surface area (Å²) < 4.78 is 10.0. The van der Waals surface area contributed by atoms with Gasteiger partial charge in [-0.05, 0) is 26.0 Å². The van der Waals surface area contributed by atoms with Crippen LogP contribution >= 0.6 is 0 Å². The highest BCUT2D eigenvalue weighted by atomic mass is 16.5. The summed E-state index contributed by atoms with van der Waals surface area (Å²) in [6.45, 7) is 2.11. The number of carbonyl (C=O) groups excluding carboxylic acids is 2. The maximum Gasteiger partial charge on any atom is 0.323 e. The molecule has 2 rings (SSSR count). The van der Waals surface area contributed by atoms with Gasteiger partial charge in [-0.25, -0.2) is 0 Å². The number of rotatable bonds is 4. The van der Waals surface area contributed by atoms with E-state index >= 15 is 0 Å². The van der Waals surface area contributed by atoms with Crippen molar-refractivity contribution in [2.45, 2.75) is 25.4 Å². The van der Waals surface area contributed by atoms with E-state index in [1.807, 2.05) is 42.3 Å². The molecule has 0 aliphatic carbocycles. The zero-order valence-electron chi connectivity index (χ0n) is 12.6. The average Bonchev–Trinajstić information content (AvgIpc) is 2.85. The van der Waals surface area contributed by atoms with Crippen LogP contribution in [0.15, 0.2) is 30.3 Å². The summed E-state index contributed by atoms with van der Waals surface area (Å²) in [5.41, 5.74) is 1.00. The predicted octanol–water partition coefficient (Wildman–Crippen LogP) is 1.78. The van der Waals surface area contributed by atoms with Crippen LogP contribution in [0.1, 0.15) is 24.9 Å². The zero-order valence-corrected chi connectivity index (χ0v) is 12.6. The molecule has 0 saturated carbocycles. The standard InChI is InChI=1S/C16H21NO4/c1-4-21-16(19)13-10-12(15(18)20-3)14(17(13)2)11-8-6-5-7-9-11/h5-9,12-14H,4,10H2,1-3H3/t12-,13+,14-/m0/s1. The van der Waals surface area contributed by atoms with Crippen LogP contribution in [0.5, 0.6) is 0 Å². The lowest BCUT2D eigenvalue weighted by Crippen LogP contribution is -2.35. The van der Waals surface area contributed by atoms with Crippen molar-refractivity contribution >= 4 is 11.9 Å². The Labute approximate surface area is 124 Å². The van der Waals surface area contributed by atoms with Crippen LogP contribution in [-0.4, -0.2) is 43.6 Å². The molecule has 1 aliphatic heterocycles. The van der Waals surface area contributed by atoms with Crippen molar-refractivity contribution in [2.24, 2.45) is 5.92 Å². The molecule has 0 radical (unpaired) electrons. The largest absolute Gasteiger partial charge is 0.469 e. The maximum atomic E-state index is 12.1. The Bertz CT molecular complexity index is 502. The topological polar surface area (TPSA) is 55.8 Å². The fourth-order valence-electron chi connectivity index (χ4n) is 3.01. The van der Waals surface area contributed by atoms with E-state index < -0.39 is 6.04 Å². The molecular formula is C16H21NO4. The van der Waals surface area contributed by atoms with Gasteiger partial charge in [0, 0.05) is 6.04 Å². The summed E-state index contributed by atoms with van der Waals surface area (Å²) in [4.78, 5) is 26.1. The molecule has 1 heterocycles. The van der Waals surface area contributed by atoms with Gasteiger partial charge in [0.2, 0.25) is 0 Å². The Balaban J connectivity index is 2.30. The number of hydrogen-bond donors (Lipinski definition) is 0. The number of carbonyl (C=O) groups is 2. The highest BCUT2D eigenvalue weighted by molar-refractivity contribution is 5.80. The average molecular weight is 291 g/mol. The molecule has 0 spiro atoms. The van der Waals surface area contributed by atoms with Gasteiger partial charge < -0.3 is 9.47 Å².